The topological polar surface area (TPSA) is 0 Å². The molecule has 0 heterocycles. The molecule has 0 aromatic heterocycles. The van der Waals surface area contributed by atoms with Gasteiger partial charge < -0.3 is 0 Å². The molecule has 0 spiro atoms. The summed E-state index contributed by atoms with van der Waals surface area (Å²) in [5.41, 5.74) is 0. The van der Waals surface area contributed by atoms with Crippen LogP contribution in [0.1, 0.15) is 0 Å². The second-order valence-corrected chi connectivity index (χ2v) is 1.05. The molecule has 0 amide bonds. The molecule has 0 aliphatic carbocycles. The maximum Gasteiger partial charge on any atom is 0.379 e. The lowest BCUT2D eigenvalue weighted by molar-refractivity contribution is 0.543. The van der Waals surface area contributed by atoms with E-state index in [0.717, 1.165) is 0 Å². The fourth-order valence-corrected chi connectivity index (χ4v) is 0. The summed E-state index contributed by atoms with van der Waals surface area (Å²) in [7, 11) is 0. The van der Waals surface area contributed by atoms with Crippen molar-refractivity contribution in [3.8, 4) is 0 Å². The summed E-state index contributed by atoms with van der Waals surface area (Å²) in [5.74, 6) is 0. The smallest absolute Gasteiger partial charge is 0.114 e. The lowest BCUT2D eigenvalue weighted by Crippen LogP contribution is -1.47. The van der Waals surface area contributed by atoms with Crippen LogP contribution in [0, 0.1) is 0 Å². The number of hydrogen-bond acceptors (Lipinski definition) is 0. The van der Waals surface area contributed by atoms with Crippen molar-refractivity contribution in [2.75, 3.05) is 0 Å². The van der Waals surface area contributed by atoms with Crippen molar-refractivity contribution in [3.63, 3.8) is 0 Å². The van der Waals surface area contributed by atoms with E-state index in [0.29, 0.717) is 0 Å². The molecular formula is HBrF4S. The average Bonchev–Trinajstić information content (AvgIpc) is 0.722. The fraction of sp³-hybridized carbons (Fsp3) is 0. The Morgan fingerprint density at radius 1 is 0.833 bits per heavy atom. The molecule has 6 heteroatoms. The highest BCUT2D eigenvalue weighted by atomic mass is 79.9. The Kier molecular flexibility index (Phi) is 4.35. The van der Waals surface area contributed by atoms with E-state index in [-0.39, 0.29) is 17.0 Å². The molecule has 0 unspecified atom stereocenters. The van der Waals surface area contributed by atoms with Gasteiger partial charge in [0, 0.05) is 0 Å². The molecule has 0 bridgehead atoms. The number of rotatable bonds is 0. The van der Waals surface area contributed by atoms with Crippen LogP contribution in [0.2, 0.25) is 0 Å². The highest BCUT2D eigenvalue weighted by Gasteiger charge is 2.16. The van der Waals surface area contributed by atoms with Crippen LogP contribution in [0.4, 0.5) is 15.5 Å². The summed E-state index contributed by atoms with van der Waals surface area (Å²) in [6.45, 7) is 0. The maximum atomic E-state index is 9.77. The molecule has 0 aliphatic heterocycles. The molecule has 0 saturated heterocycles. The first-order chi connectivity index (χ1) is 2.00. The third kappa shape index (κ3) is 190. The Hall–Kier alpha value is 0.550. The van der Waals surface area contributed by atoms with Crippen LogP contribution in [0.3, 0.4) is 0 Å². The van der Waals surface area contributed by atoms with E-state index in [1.807, 2.05) is 0 Å². The van der Waals surface area contributed by atoms with Crippen molar-refractivity contribution in [1.82, 2.24) is 0 Å². The van der Waals surface area contributed by atoms with Crippen molar-refractivity contribution >= 4 is 28.6 Å². The van der Waals surface area contributed by atoms with Crippen LogP contribution in [0.15, 0.2) is 0 Å². The Morgan fingerprint density at radius 2 is 0.833 bits per heavy atom. The first kappa shape index (κ1) is 9.75. The lowest BCUT2D eigenvalue weighted by Gasteiger charge is -1.87. The van der Waals surface area contributed by atoms with Crippen molar-refractivity contribution in [2.45, 2.75) is 0 Å². The van der Waals surface area contributed by atoms with Crippen molar-refractivity contribution < 1.29 is 15.5 Å². The van der Waals surface area contributed by atoms with Crippen LogP contribution < -0.4 is 0 Å². The Morgan fingerprint density at radius 3 is 0.833 bits per heavy atom. The molecule has 42 valence electrons. The summed E-state index contributed by atoms with van der Waals surface area (Å²) in [6.07, 6.45) is 0. The Labute approximate surface area is 44.8 Å². The molecule has 6 heavy (non-hydrogen) atoms. The van der Waals surface area contributed by atoms with E-state index in [9.17, 15) is 15.5 Å². The maximum absolute atomic E-state index is 9.77. The molecule has 0 aliphatic rings. The number of halogens is 5. The van der Waals surface area contributed by atoms with E-state index in [4.69, 9.17) is 0 Å². The van der Waals surface area contributed by atoms with Gasteiger partial charge in [-0.1, -0.05) is 15.5 Å². The second-order valence-electron chi connectivity index (χ2n) is 0.350. The predicted molar refractivity (Wildman–Crippen MR) is 22.3 cm³/mol. The van der Waals surface area contributed by atoms with Crippen molar-refractivity contribution in [1.29, 1.82) is 0 Å². The highest BCUT2D eigenvalue weighted by Crippen LogP contribution is 2.54. The van der Waals surface area contributed by atoms with Crippen LogP contribution in [0.5, 0.6) is 0 Å². The monoisotopic (exact) mass is 188 g/mol. The van der Waals surface area contributed by atoms with E-state index in [1.54, 1.807) is 0 Å². The highest BCUT2D eigenvalue weighted by molar-refractivity contribution is 8.93. The van der Waals surface area contributed by atoms with Crippen LogP contribution in [-0.4, -0.2) is 0 Å². The van der Waals surface area contributed by atoms with Gasteiger partial charge in [-0.15, -0.1) is 17.0 Å². The molecule has 0 radical (unpaired) electrons. The molecule has 0 saturated carbocycles. The largest absolute Gasteiger partial charge is 0.379 e. The molecule has 0 aromatic rings. The molecule has 0 rings (SSSR count). The van der Waals surface area contributed by atoms with Gasteiger partial charge in [0.05, 0.1) is 0 Å². The summed E-state index contributed by atoms with van der Waals surface area (Å²) >= 11 is -6.17. The van der Waals surface area contributed by atoms with Gasteiger partial charge in [0.1, 0.15) is 0 Å². The predicted octanol–water partition coefficient (Wildman–Crippen LogP) is 2.91. The standard InChI is InChI=1S/BrH.F4S/c;1-5(2,3)4/h1H;. The van der Waals surface area contributed by atoms with E-state index >= 15 is 0 Å². The molecule has 0 N–H and O–H groups in total. The van der Waals surface area contributed by atoms with Gasteiger partial charge in [0.2, 0.25) is 0 Å². The summed E-state index contributed by atoms with van der Waals surface area (Å²) in [6, 6.07) is 0. The van der Waals surface area contributed by atoms with Gasteiger partial charge in [-0.2, -0.15) is 0 Å². The SMILES string of the molecule is Br.FS(F)(F)F. The van der Waals surface area contributed by atoms with Gasteiger partial charge in [-0.05, 0) is 0 Å². The van der Waals surface area contributed by atoms with Gasteiger partial charge in [-0.3, -0.25) is 0 Å². The zero-order chi connectivity index (χ0) is 4.50. The van der Waals surface area contributed by atoms with Crippen LogP contribution >= 0.6 is 28.6 Å². The quantitative estimate of drug-likeness (QED) is 0.514. The molecule has 0 nitrogen and oxygen atoms in total. The first-order valence-electron chi connectivity index (χ1n) is 0.617. The van der Waals surface area contributed by atoms with Crippen LogP contribution in [0.25, 0.3) is 0 Å². The fourth-order valence-electron chi connectivity index (χ4n) is 0. The molecule has 0 aromatic carbocycles. The molecule has 0 fully saturated rings. The summed E-state index contributed by atoms with van der Waals surface area (Å²) in [5, 5.41) is 0. The van der Waals surface area contributed by atoms with Crippen LogP contribution in [-0.2, 0) is 0 Å². The third-order valence-corrected chi connectivity index (χ3v) is 0. The van der Waals surface area contributed by atoms with Gasteiger partial charge in [-0.25, -0.2) is 0 Å². The van der Waals surface area contributed by atoms with Gasteiger partial charge >= 0.3 is 11.6 Å². The van der Waals surface area contributed by atoms with Crippen molar-refractivity contribution in [3.05, 3.63) is 0 Å². The Balaban J connectivity index is 0. The van der Waals surface area contributed by atoms with Gasteiger partial charge in [0.25, 0.3) is 0 Å². The van der Waals surface area contributed by atoms with E-state index in [2.05, 4.69) is 0 Å². The first-order valence-corrected chi connectivity index (χ1v) is 1.85. The zero-order valence-electron chi connectivity index (χ0n) is 2.33. The van der Waals surface area contributed by atoms with E-state index in [1.165, 1.54) is 0 Å². The summed E-state index contributed by atoms with van der Waals surface area (Å²) < 4.78 is 39.1. The van der Waals surface area contributed by atoms with Gasteiger partial charge in [0.15, 0.2) is 0 Å². The normalized spacial score (nSPS) is 12.7. The Bertz CT molecular complexity index is 23.0. The minimum atomic E-state index is -6.17. The third-order valence-electron chi connectivity index (χ3n) is 0. The zero-order valence-corrected chi connectivity index (χ0v) is 4.86. The summed E-state index contributed by atoms with van der Waals surface area (Å²) in [4.78, 5) is 0. The minimum Gasteiger partial charge on any atom is -0.114 e. The lowest BCUT2D eigenvalue weighted by atomic mass is 18.7. The minimum absolute atomic E-state index is 0. The average molecular weight is 189 g/mol. The second kappa shape index (κ2) is 2.68. The molecular weight excluding hydrogens is 188 g/mol. The van der Waals surface area contributed by atoms with Crippen molar-refractivity contribution in [2.24, 2.45) is 0 Å². The molecule has 0 atom stereocenters. The number of hydrogen-bond donors (Lipinski definition) is 0. The van der Waals surface area contributed by atoms with E-state index < -0.39 is 11.6 Å².